The fourth-order valence-electron chi connectivity index (χ4n) is 2.52. The van der Waals surface area contributed by atoms with Crippen molar-refractivity contribution in [3.63, 3.8) is 0 Å². The Kier molecular flexibility index (Phi) is 4.44. The number of nitrogens with one attached hydrogen (secondary N) is 1. The Balaban J connectivity index is 1.74. The van der Waals surface area contributed by atoms with Crippen molar-refractivity contribution >= 4 is 17.5 Å². The van der Waals surface area contributed by atoms with Crippen LogP contribution in [-0.2, 0) is 6.54 Å². The van der Waals surface area contributed by atoms with Gasteiger partial charge in [-0.3, -0.25) is 4.79 Å². The molecule has 0 saturated carbocycles. The van der Waals surface area contributed by atoms with Crippen molar-refractivity contribution in [3.05, 3.63) is 57.6 Å². The minimum atomic E-state index is -0.0998. The Morgan fingerprint density at radius 1 is 1.17 bits per heavy atom. The molecule has 0 fully saturated rings. The molecule has 3 rings (SSSR count). The second-order valence-corrected chi connectivity index (χ2v) is 6.01. The third-order valence-corrected chi connectivity index (χ3v) is 4.03. The van der Waals surface area contributed by atoms with Gasteiger partial charge in [-0.1, -0.05) is 29.3 Å². The molecule has 4 nitrogen and oxygen atoms in total. The second kappa shape index (κ2) is 6.50. The van der Waals surface area contributed by atoms with E-state index in [1.54, 1.807) is 6.07 Å². The van der Waals surface area contributed by atoms with Gasteiger partial charge in [0.25, 0.3) is 5.91 Å². The molecule has 0 spiro atoms. The Hall–Kier alpha value is -2.20. The zero-order valence-corrected chi connectivity index (χ0v) is 13.9. The Bertz CT molecular complexity index is 758. The lowest BCUT2D eigenvalue weighted by Gasteiger charge is -2.20. The smallest absolute Gasteiger partial charge is 0.251 e. The van der Waals surface area contributed by atoms with Crippen molar-refractivity contribution in [2.24, 2.45) is 0 Å². The van der Waals surface area contributed by atoms with Gasteiger partial charge in [-0.05, 0) is 43.2 Å². The van der Waals surface area contributed by atoms with E-state index in [4.69, 9.17) is 21.1 Å². The highest BCUT2D eigenvalue weighted by Crippen LogP contribution is 2.38. The highest BCUT2D eigenvalue weighted by atomic mass is 35.5. The van der Waals surface area contributed by atoms with E-state index in [0.29, 0.717) is 41.8 Å². The number of benzene rings is 2. The van der Waals surface area contributed by atoms with Crippen LogP contribution in [0.2, 0.25) is 5.02 Å². The Morgan fingerprint density at radius 2 is 1.96 bits per heavy atom. The van der Waals surface area contributed by atoms with Gasteiger partial charge in [0.05, 0.1) is 5.02 Å². The number of fused-ring (bicyclic) bond motifs is 1. The first-order valence-electron chi connectivity index (χ1n) is 7.48. The van der Waals surface area contributed by atoms with Crippen molar-refractivity contribution in [1.82, 2.24) is 5.32 Å². The van der Waals surface area contributed by atoms with Gasteiger partial charge in [-0.15, -0.1) is 0 Å². The summed E-state index contributed by atoms with van der Waals surface area (Å²) in [6.45, 7) is 5.27. The van der Waals surface area contributed by atoms with Crippen LogP contribution < -0.4 is 14.8 Å². The average Bonchev–Trinajstić information content (AvgIpc) is 2.55. The number of aryl methyl sites for hydroxylation is 2. The minimum Gasteiger partial charge on any atom is -0.486 e. The fourth-order valence-corrected chi connectivity index (χ4v) is 2.81. The third kappa shape index (κ3) is 3.42. The molecule has 1 N–H and O–H groups in total. The largest absolute Gasteiger partial charge is 0.486 e. The lowest BCUT2D eigenvalue weighted by molar-refractivity contribution is 0.0950. The Labute approximate surface area is 140 Å². The third-order valence-electron chi connectivity index (χ3n) is 3.75. The van der Waals surface area contributed by atoms with Gasteiger partial charge < -0.3 is 14.8 Å². The highest BCUT2D eigenvalue weighted by molar-refractivity contribution is 6.32. The first-order valence-corrected chi connectivity index (χ1v) is 7.86. The molecular formula is C18H18ClNO3. The summed E-state index contributed by atoms with van der Waals surface area (Å²) in [7, 11) is 0. The van der Waals surface area contributed by atoms with Crippen molar-refractivity contribution < 1.29 is 14.3 Å². The summed E-state index contributed by atoms with van der Waals surface area (Å²) in [6, 6.07) is 9.47. The van der Waals surface area contributed by atoms with Crippen molar-refractivity contribution in [2.75, 3.05) is 13.2 Å². The predicted octanol–water partition coefficient (Wildman–Crippen LogP) is 3.66. The molecule has 5 heteroatoms. The van der Waals surface area contributed by atoms with Crippen LogP contribution in [0.4, 0.5) is 0 Å². The summed E-state index contributed by atoms with van der Waals surface area (Å²) < 4.78 is 11.0. The molecule has 120 valence electrons. The van der Waals surface area contributed by atoms with E-state index < -0.39 is 0 Å². The number of amides is 1. The van der Waals surface area contributed by atoms with Gasteiger partial charge in [0, 0.05) is 12.1 Å². The van der Waals surface area contributed by atoms with E-state index in [1.165, 1.54) is 0 Å². The first kappa shape index (κ1) is 15.7. The molecule has 2 aromatic carbocycles. The average molecular weight is 332 g/mol. The summed E-state index contributed by atoms with van der Waals surface area (Å²) in [4.78, 5) is 12.4. The normalized spacial score (nSPS) is 12.8. The van der Waals surface area contributed by atoms with Crippen LogP contribution in [0.25, 0.3) is 0 Å². The van der Waals surface area contributed by atoms with E-state index in [9.17, 15) is 4.79 Å². The topological polar surface area (TPSA) is 47.6 Å². The first-order chi connectivity index (χ1) is 11.0. The lowest BCUT2D eigenvalue weighted by atomic mass is 10.0. The zero-order chi connectivity index (χ0) is 16.4. The molecule has 23 heavy (non-hydrogen) atoms. The SMILES string of the molecule is Cc1ccc(C)c(C(=O)NCc2cc(Cl)c3c(c2)OCCO3)c1. The molecule has 1 aliphatic rings. The molecule has 0 aliphatic carbocycles. The number of carbonyl (C=O) groups is 1. The molecule has 0 unspecified atom stereocenters. The molecule has 0 aromatic heterocycles. The van der Waals surface area contributed by atoms with Crippen molar-refractivity contribution in [2.45, 2.75) is 20.4 Å². The molecule has 1 amide bonds. The molecule has 1 heterocycles. The van der Waals surface area contributed by atoms with Gasteiger partial charge >= 0.3 is 0 Å². The van der Waals surface area contributed by atoms with Gasteiger partial charge in [0.15, 0.2) is 11.5 Å². The maximum absolute atomic E-state index is 12.4. The maximum Gasteiger partial charge on any atom is 0.251 e. The van der Waals surface area contributed by atoms with Crippen LogP contribution in [0.5, 0.6) is 11.5 Å². The summed E-state index contributed by atoms with van der Waals surface area (Å²) in [5.41, 5.74) is 3.57. The van der Waals surface area contributed by atoms with E-state index in [2.05, 4.69) is 5.32 Å². The number of ether oxygens (including phenoxy) is 2. The number of rotatable bonds is 3. The molecule has 2 aromatic rings. The van der Waals surface area contributed by atoms with Crippen LogP contribution in [0.15, 0.2) is 30.3 Å². The zero-order valence-electron chi connectivity index (χ0n) is 13.1. The maximum atomic E-state index is 12.4. The van der Waals surface area contributed by atoms with Gasteiger partial charge in [-0.25, -0.2) is 0 Å². The quantitative estimate of drug-likeness (QED) is 0.933. The van der Waals surface area contributed by atoms with Crippen molar-refractivity contribution in [1.29, 1.82) is 0 Å². The summed E-state index contributed by atoms with van der Waals surface area (Å²) >= 11 is 6.21. The van der Waals surface area contributed by atoms with Crippen LogP contribution in [0.3, 0.4) is 0 Å². The van der Waals surface area contributed by atoms with Crippen LogP contribution >= 0.6 is 11.6 Å². The summed E-state index contributed by atoms with van der Waals surface area (Å²) in [5, 5.41) is 3.42. The van der Waals surface area contributed by atoms with Crippen LogP contribution in [0, 0.1) is 13.8 Å². The fraction of sp³-hybridized carbons (Fsp3) is 0.278. The van der Waals surface area contributed by atoms with Gasteiger partial charge in [0.1, 0.15) is 13.2 Å². The Morgan fingerprint density at radius 3 is 2.78 bits per heavy atom. The van der Waals surface area contributed by atoms with Gasteiger partial charge in [-0.2, -0.15) is 0 Å². The molecule has 0 saturated heterocycles. The second-order valence-electron chi connectivity index (χ2n) is 5.60. The van der Waals surface area contributed by atoms with Crippen LogP contribution in [-0.4, -0.2) is 19.1 Å². The number of carbonyl (C=O) groups excluding carboxylic acids is 1. The van der Waals surface area contributed by atoms with Crippen LogP contribution in [0.1, 0.15) is 27.0 Å². The van der Waals surface area contributed by atoms with E-state index in [0.717, 1.165) is 16.7 Å². The number of hydrogen-bond acceptors (Lipinski definition) is 3. The van der Waals surface area contributed by atoms with E-state index >= 15 is 0 Å². The predicted molar refractivity (Wildman–Crippen MR) is 89.5 cm³/mol. The molecular weight excluding hydrogens is 314 g/mol. The summed E-state index contributed by atoms with van der Waals surface area (Å²) in [5.74, 6) is 1.10. The summed E-state index contributed by atoms with van der Waals surface area (Å²) in [6.07, 6.45) is 0. The molecule has 0 bridgehead atoms. The number of halogens is 1. The lowest BCUT2D eigenvalue weighted by Crippen LogP contribution is -2.24. The number of hydrogen-bond donors (Lipinski definition) is 1. The highest BCUT2D eigenvalue weighted by Gasteiger charge is 2.17. The molecule has 0 atom stereocenters. The minimum absolute atomic E-state index is 0.0998. The monoisotopic (exact) mass is 331 g/mol. The molecule has 0 radical (unpaired) electrons. The van der Waals surface area contributed by atoms with Gasteiger partial charge in [0.2, 0.25) is 0 Å². The molecule has 1 aliphatic heterocycles. The van der Waals surface area contributed by atoms with E-state index in [-0.39, 0.29) is 5.91 Å². The van der Waals surface area contributed by atoms with Crippen molar-refractivity contribution in [3.8, 4) is 11.5 Å². The standard InChI is InChI=1S/C18H18ClNO3/c1-11-3-4-12(2)14(7-11)18(21)20-10-13-8-15(19)17-16(9-13)22-5-6-23-17/h3-4,7-9H,5-6,10H2,1-2H3,(H,20,21). The van der Waals surface area contributed by atoms with E-state index in [1.807, 2.05) is 38.1 Å².